The van der Waals surface area contributed by atoms with Gasteiger partial charge in [-0.15, -0.1) is 6.58 Å². The van der Waals surface area contributed by atoms with Crippen molar-refractivity contribution in [3.05, 3.63) is 77.4 Å². The highest BCUT2D eigenvalue weighted by Gasteiger charge is 2.39. The van der Waals surface area contributed by atoms with Gasteiger partial charge < -0.3 is 9.84 Å². The van der Waals surface area contributed by atoms with Crippen molar-refractivity contribution in [2.24, 2.45) is 11.8 Å². The van der Waals surface area contributed by atoms with Crippen LogP contribution in [0.15, 0.2) is 55.1 Å². The predicted molar refractivity (Wildman–Crippen MR) is 93.8 cm³/mol. The van der Waals surface area contributed by atoms with Crippen molar-refractivity contribution >= 4 is 0 Å². The number of hydrogen-bond donors (Lipinski definition) is 1. The maximum Gasteiger partial charge on any atom is 0.119 e. The lowest BCUT2D eigenvalue weighted by Crippen LogP contribution is -2.31. The summed E-state index contributed by atoms with van der Waals surface area (Å²) >= 11 is 0. The number of benzene rings is 2. The third-order valence-electron chi connectivity index (χ3n) is 5.22. The van der Waals surface area contributed by atoms with Gasteiger partial charge in [-0.1, -0.05) is 43.3 Å². The highest BCUT2D eigenvalue weighted by atomic mass is 16.5. The monoisotopic (exact) mass is 308 g/mol. The van der Waals surface area contributed by atoms with E-state index in [1.807, 2.05) is 30.3 Å². The van der Waals surface area contributed by atoms with Crippen molar-refractivity contribution in [2.75, 3.05) is 7.11 Å². The van der Waals surface area contributed by atoms with Crippen LogP contribution in [0.3, 0.4) is 0 Å². The van der Waals surface area contributed by atoms with E-state index in [2.05, 4.69) is 38.6 Å². The van der Waals surface area contributed by atoms with Crippen molar-refractivity contribution in [3.8, 4) is 5.75 Å². The van der Waals surface area contributed by atoms with E-state index < -0.39 is 6.10 Å². The molecule has 2 nitrogen and oxygen atoms in total. The molecule has 0 radical (unpaired) electrons. The number of fused-ring (bicyclic) bond motifs is 1. The van der Waals surface area contributed by atoms with Gasteiger partial charge in [0.25, 0.3) is 0 Å². The van der Waals surface area contributed by atoms with E-state index in [4.69, 9.17) is 4.74 Å². The first-order valence-electron chi connectivity index (χ1n) is 8.12. The predicted octanol–water partition coefficient (Wildman–Crippen LogP) is 4.62. The molecule has 0 saturated carbocycles. The number of hydrogen-bond acceptors (Lipinski definition) is 2. The molecule has 0 aliphatic heterocycles. The molecule has 0 spiro atoms. The van der Waals surface area contributed by atoms with Gasteiger partial charge in [0.1, 0.15) is 5.75 Å². The Morgan fingerprint density at radius 2 is 1.78 bits per heavy atom. The zero-order chi connectivity index (χ0) is 16.6. The fourth-order valence-corrected chi connectivity index (χ4v) is 3.92. The zero-order valence-corrected chi connectivity index (χ0v) is 14.0. The van der Waals surface area contributed by atoms with Crippen LogP contribution in [0.4, 0.5) is 0 Å². The number of ether oxygens (including phenoxy) is 1. The third-order valence-corrected chi connectivity index (χ3v) is 5.22. The maximum absolute atomic E-state index is 10.7. The summed E-state index contributed by atoms with van der Waals surface area (Å²) in [5.74, 6) is 1.42. The fraction of sp³-hybridized carbons (Fsp3) is 0.333. The molecule has 0 saturated heterocycles. The molecule has 2 heteroatoms. The molecule has 0 fully saturated rings. The minimum absolute atomic E-state index is 0.133. The van der Waals surface area contributed by atoms with Crippen LogP contribution in [0.25, 0.3) is 0 Å². The second-order valence-electron chi connectivity index (χ2n) is 6.45. The van der Waals surface area contributed by atoms with Crippen LogP contribution in [0.2, 0.25) is 0 Å². The van der Waals surface area contributed by atoms with Crippen LogP contribution in [0.1, 0.15) is 41.2 Å². The number of aliphatic hydroxyl groups excluding tert-OH is 1. The van der Waals surface area contributed by atoms with Gasteiger partial charge in [-0.25, -0.2) is 0 Å². The van der Waals surface area contributed by atoms with Gasteiger partial charge in [0.2, 0.25) is 0 Å². The summed E-state index contributed by atoms with van der Waals surface area (Å²) in [6.07, 6.45) is 1.56. The smallest absolute Gasteiger partial charge is 0.119 e. The summed E-state index contributed by atoms with van der Waals surface area (Å²) in [7, 11) is 1.69. The lowest BCUT2D eigenvalue weighted by atomic mass is 9.65. The minimum atomic E-state index is -0.441. The number of allylic oxidation sites excluding steroid dienone is 1. The van der Waals surface area contributed by atoms with Crippen LogP contribution >= 0.6 is 0 Å². The quantitative estimate of drug-likeness (QED) is 0.838. The topological polar surface area (TPSA) is 29.5 Å². The lowest BCUT2D eigenvalue weighted by molar-refractivity contribution is 0.0775. The fourth-order valence-electron chi connectivity index (χ4n) is 3.92. The second kappa shape index (κ2) is 6.21. The van der Waals surface area contributed by atoms with Crippen molar-refractivity contribution < 1.29 is 9.84 Å². The molecule has 0 unspecified atom stereocenters. The Labute approximate surface area is 138 Å². The number of rotatable bonds is 3. The Bertz CT molecular complexity index is 720. The van der Waals surface area contributed by atoms with E-state index in [1.54, 1.807) is 7.11 Å². The van der Waals surface area contributed by atoms with Crippen LogP contribution in [-0.4, -0.2) is 12.2 Å². The standard InChI is InChI=1S/C21H24O2/c1-5-16-14(3)21(22)19-9-7-6-8-18(19)20(16)17-11-10-15(23-4)12-13(17)2/h5-12,14,16,20-22H,1H2,2-4H3/t14-,16+,20+,21-/m0/s1. The summed E-state index contributed by atoms with van der Waals surface area (Å²) in [5.41, 5.74) is 4.73. The molecule has 2 aromatic rings. The van der Waals surface area contributed by atoms with E-state index in [9.17, 15) is 5.11 Å². The summed E-state index contributed by atoms with van der Waals surface area (Å²) < 4.78 is 5.34. The molecule has 0 bridgehead atoms. The molecule has 0 aromatic heterocycles. The van der Waals surface area contributed by atoms with Crippen molar-refractivity contribution in [3.63, 3.8) is 0 Å². The third kappa shape index (κ3) is 2.57. The van der Waals surface area contributed by atoms with Crippen LogP contribution in [-0.2, 0) is 0 Å². The minimum Gasteiger partial charge on any atom is -0.497 e. The highest BCUT2D eigenvalue weighted by molar-refractivity contribution is 5.47. The van der Waals surface area contributed by atoms with Gasteiger partial charge in [0.15, 0.2) is 0 Å². The number of methoxy groups -OCH3 is 1. The maximum atomic E-state index is 10.7. The average molecular weight is 308 g/mol. The van der Waals surface area contributed by atoms with Crippen LogP contribution < -0.4 is 4.74 Å². The van der Waals surface area contributed by atoms with Crippen molar-refractivity contribution in [1.82, 2.24) is 0 Å². The molecular formula is C21H24O2. The van der Waals surface area contributed by atoms with Gasteiger partial charge in [-0.3, -0.25) is 0 Å². The molecule has 1 aliphatic rings. The first-order valence-corrected chi connectivity index (χ1v) is 8.12. The van der Waals surface area contributed by atoms with Gasteiger partial charge in [0.05, 0.1) is 13.2 Å². The molecule has 4 atom stereocenters. The molecular weight excluding hydrogens is 284 g/mol. The SMILES string of the molecule is C=C[C@H]1[C@H](c2ccc(OC)cc2C)c2ccccc2[C@@H](O)[C@H]1C. The van der Waals surface area contributed by atoms with E-state index in [1.165, 1.54) is 16.7 Å². The van der Waals surface area contributed by atoms with E-state index >= 15 is 0 Å². The highest BCUT2D eigenvalue weighted by Crippen LogP contribution is 2.49. The Balaban J connectivity index is 2.19. The second-order valence-corrected chi connectivity index (χ2v) is 6.45. The Morgan fingerprint density at radius 3 is 2.39 bits per heavy atom. The summed E-state index contributed by atoms with van der Waals surface area (Å²) in [6, 6.07) is 14.5. The van der Waals surface area contributed by atoms with E-state index in [0.717, 1.165) is 11.3 Å². The van der Waals surface area contributed by atoms with Gasteiger partial charge in [-0.2, -0.15) is 0 Å². The van der Waals surface area contributed by atoms with Gasteiger partial charge in [-0.05, 0) is 53.1 Å². The molecule has 1 N–H and O–H groups in total. The molecule has 3 rings (SSSR count). The van der Waals surface area contributed by atoms with Crippen molar-refractivity contribution in [2.45, 2.75) is 25.9 Å². The van der Waals surface area contributed by atoms with Crippen molar-refractivity contribution in [1.29, 1.82) is 0 Å². The lowest BCUT2D eigenvalue weighted by Gasteiger charge is -2.40. The van der Waals surface area contributed by atoms with Gasteiger partial charge >= 0.3 is 0 Å². The number of aliphatic hydroxyl groups is 1. The molecule has 23 heavy (non-hydrogen) atoms. The molecule has 2 aromatic carbocycles. The Hall–Kier alpha value is -2.06. The summed E-state index contributed by atoms with van der Waals surface area (Å²) in [4.78, 5) is 0. The summed E-state index contributed by atoms with van der Waals surface area (Å²) in [6.45, 7) is 8.28. The van der Waals surface area contributed by atoms with Crippen LogP contribution in [0.5, 0.6) is 5.75 Å². The Morgan fingerprint density at radius 1 is 1.09 bits per heavy atom. The molecule has 0 amide bonds. The molecule has 1 aliphatic carbocycles. The molecule has 120 valence electrons. The van der Waals surface area contributed by atoms with E-state index in [0.29, 0.717) is 0 Å². The number of aryl methyl sites for hydroxylation is 1. The Kier molecular flexibility index (Phi) is 4.27. The average Bonchev–Trinajstić information content (AvgIpc) is 2.58. The van der Waals surface area contributed by atoms with Crippen LogP contribution in [0, 0.1) is 18.8 Å². The first kappa shape index (κ1) is 15.8. The molecule has 0 heterocycles. The summed E-state index contributed by atoms with van der Waals surface area (Å²) in [5, 5.41) is 10.7. The normalized spacial score (nSPS) is 26.4. The van der Waals surface area contributed by atoms with Gasteiger partial charge in [0, 0.05) is 5.92 Å². The first-order chi connectivity index (χ1) is 11.1. The zero-order valence-electron chi connectivity index (χ0n) is 14.0. The van der Waals surface area contributed by atoms with E-state index in [-0.39, 0.29) is 17.8 Å². The largest absolute Gasteiger partial charge is 0.497 e.